The lowest BCUT2D eigenvalue weighted by atomic mass is 10.1. The molecule has 0 bridgehead atoms. The first-order chi connectivity index (χ1) is 12.8. The summed E-state index contributed by atoms with van der Waals surface area (Å²) in [5, 5.41) is 8.11. The molecule has 0 radical (unpaired) electrons. The van der Waals surface area contributed by atoms with Crippen molar-refractivity contribution >= 4 is 21.6 Å². The van der Waals surface area contributed by atoms with Crippen LogP contribution in [0, 0.1) is 0 Å². The Morgan fingerprint density at radius 2 is 1.69 bits per heavy atom. The number of nitrogens with zero attached hydrogens (tertiary/aromatic N) is 4. The Labute approximate surface area is 159 Å². The standard InChI is InChI=1S/C20H16BrN5/c21-17-6-2-4-8-19(17)26-14-24-20(25-26)16-5-1-3-7-18(16)23-13-15-9-11-22-12-10-15/h1-12,14,23H,13H2. The number of aromatic nitrogens is 4. The summed E-state index contributed by atoms with van der Waals surface area (Å²) in [6.45, 7) is 0.713. The lowest BCUT2D eigenvalue weighted by molar-refractivity contribution is 0.877. The zero-order valence-corrected chi connectivity index (χ0v) is 15.5. The maximum absolute atomic E-state index is 4.65. The third-order valence-corrected chi connectivity index (χ3v) is 4.66. The number of halogens is 1. The zero-order chi connectivity index (χ0) is 17.8. The predicted octanol–water partition coefficient (Wildman–Crippen LogP) is 4.70. The molecule has 2 aromatic heterocycles. The molecule has 6 heteroatoms. The second kappa shape index (κ2) is 7.49. The summed E-state index contributed by atoms with van der Waals surface area (Å²) in [7, 11) is 0. The fourth-order valence-corrected chi connectivity index (χ4v) is 3.14. The number of rotatable bonds is 5. The van der Waals surface area contributed by atoms with Gasteiger partial charge in [0.15, 0.2) is 5.82 Å². The Balaban J connectivity index is 1.62. The summed E-state index contributed by atoms with van der Waals surface area (Å²) in [5.74, 6) is 0.679. The molecule has 5 nitrogen and oxygen atoms in total. The van der Waals surface area contributed by atoms with Crippen LogP contribution in [-0.2, 0) is 6.54 Å². The van der Waals surface area contributed by atoms with Crippen molar-refractivity contribution in [1.82, 2.24) is 19.7 Å². The van der Waals surface area contributed by atoms with Gasteiger partial charge in [0.25, 0.3) is 0 Å². The molecule has 1 N–H and O–H groups in total. The molecular weight excluding hydrogens is 390 g/mol. The molecule has 0 aliphatic carbocycles. The van der Waals surface area contributed by atoms with Gasteiger partial charge in [0.2, 0.25) is 0 Å². The minimum absolute atomic E-state index is 0.679. The van der Waals surface area contributed by atoms with E-state index in [1.807, 2.05) is 60.7 Å². The molecule has 4 rings (SSSR count). The van der Waals surface area contributed by atoms with Gasteiger partial charge in [0, 0.05) is 34.7 Å². The van der Waals surface area contributed by atoms with Gasteiger partial charge in [-0.05, 0) is 57.9 Å². The highest BCUT2D eigenvalue weighted by atomic mass is 79.9. The summed E-state index contributed by atoms with van der Waals surface area (Å²) in [6, 6.07) is 20.0. The van der Waals surface area contributed by atoms with E-state index in [-0.39, 0.29) is 0 Å². The first-order valence-corrected chi connectivity index (χ1v) is 8.99. The van der Waals surface area contributed by atoms with Crippen molar-refractivity contribution in [3.63, 3.8) is 0 Å². The zero-order valence-electron chi connectivity index (χ0n) is 13.9. The fraction of sp³-hybridized carbons (Fsp3) is 0.0500. The van der Waals surface area contributed by atoms with Crippen LogP contribution in [0.3, 0.4) is 0 Å². The number of para-hydroxylation sites is 2. The number of benzene rings is 2. The van der Waals surface area contributed by atoms with Crippen molar-refractivity contribution in [3.05, 3.63) is 89.4 Å². The molecular formula is C20H16BrN5. The summed E-state index contributed by atoms with van der Waals surface area (Å²) >= 11 is 3.56. The van der Waals surface area contributed by atoms with E-state index in [2.05, 4.69) is 36.3 Å². The Kier molecular flexibility index (Phi) is 4.75. The average molecular weight is 406 g/mol. The predicted molar refractivity (Wildman–Crippen MR) is 106 cm³/mol. The summed E-state index contributed by atoms with van der Waals surface area (Å²) in [6.07, 6.45) is 5.32. The number of hydrogen-bond donors (Lipinski definition) is 1. The number of anilines is 1. The van der Waals surface area contributed by atoms with Crippen molar-refractivity contribution in [2.45, 2.75) is 6.54 Å². The topological polar surface area (TPSA) is 55.6 Å². The van der Waals surface area contributed by atoms with Gasteiger partial charge in [-0.3, -0.25) is 4.98 Å². The Morgan fingerprint density at radius 3 is 2.54 bits per heavy atom. The smallest absolute Gasteiger partial charge is 0.183 e. The molecule has 2 aromatic carbocycles. The van der Waals surface area contributed by atoms with E-state index in [0.29, 0.717) is 12.4 Å². The molecule has 0 aliphatic rings. The second-order valence-electron chi connectivity index (χ2n) is 5.72. The third kappa shape index (κ3) is 3.50. The minimum atomic E-state index is 0.679. The van der Waals surface area contributed by atoms with Gasteiger partial charge in [-0.15, -0.1) is 5.10 Å². The largest absolute Gasteiger partial charge is 0.380 e. The van der Waals surface area contributed by atoms with E-state index in [9.17, 15) is 0 Å². The van der Waals surface area contributed by atoms with Crippen LogP contribution in [0.1, 0.15) is 5.56 Å². The molecule has 0 unspecified atom stereocenters. The van der Waals surface area contributed by atoms with E-state index >= 15 is 0 Å². The highest BCUT2D eigenvalue weighted by Crippen LogP contribution is 2.27. The Bertz CT molecular complexity index is 1010. The fourth-order valence-electron chi connectivity index (χ4n) is 2.67. The maximum Gasteiger partial charge on any atom is 0.183 e. The first kappa shape index (κ1) is 16.5. The van der Waals surface area contributed by atoms with Gasteiger partial charge in [0.05, 0.1) is 5.69 Å². The number of pyridine rings is 1. The van der Waals surface area contributed by atoms with Crippen LogP contribution in [0.5, 0.6) is 0 Å². The average Bonchev–Trinajstić information content (AvgIpc) is 3.17. The van der Waals surface area contributed by atoms with Crippen molar-refractivity contribution in [2.24, 2.45) is 0 Å². The summed E-state index contributed by atoms with van der Waals surface area (Å²) in [5.41, 5.74) is 4.08. The van der Waals surface area contributed by atoms with Crippen molar-refractivity contribution in [1.29, 1.82) is 0 Å². The first-order valence-electron chi connectivity index (χ1n) is 8.20. The molecule has 0 saturated heterocycles. The van der Waals surface area contributed by atoms with Crippen LogP contribution in [0.25, 0.3) is 17.1 Å². The Hall–Kier alpha value is -2.99. The van der Waals surface area contributed by atoms with Gasteiger partial charge in [-0.2, -0.15) is 0 Å². The van der Waals surface area contributed by atoms with Gasteiger partial charge >= 0.3 is 0 Å². The van der Waals surface area contributed by atoms with E-state index in [0.717, 1.165) is 21.4 Å². The van der Waals surface area contributed by atoms with E-state index in [1.54, 1.807) is 23.4 Å². The molecule has 2 heterocycles. The molecule has 128 valence electrons. The lowest BCUT2D eigenvalue weighted by Crippen LogP contribution is -2.01. The molecule has 0 saturated carbocycles. The van der Waals surface area contributed by atoms with E-state index in [1.165, 1.54) is 5.56 Å². The molecule has 0 fully saturated rings. The van der Waals surface area contributed by atoms with Crippen molar-refractivity contribution in [2.75, 3.05) is 5.32 Å². The van der Waals surface area contributed by atoms with Crippen LogP contribution >= 0.6 is 15.9 Å². The van der Waals surface area contributed by atoms with Gasteiger partial charge < -0.3 is 5.32 Å². The van der Waals surface area contributed by atoms with Crippen LogP contribution in [0.15, 0.2) is 83.9 Å². The van der Waals surface area contributed by atoms with E-state index < -0.39 is 0 Å². The molecule has 0 aliphatic heterocycles. The second-order valence-corrected chi connectivity index (χ2v) is 6.57. The third-order valence-electron chi connectivity index (χ3n) is 3.99. The van der Waals surface area contributed by atoms with Crippen LogP contribution < -0.4 is 5.32 Å². The van der Waals surface area contributed by atoms with Gasteiger partial charge in [-0.25, -0.2) is 9.67 Å². The minimum Gasteiger partial charge on any atom is -0.380 e. The highest BCUT2D eigenvalue weighted by Gasteiger charge is 2.11. The molecule has 4 aromatic rings. The molecule has 26 heavy (non-hydrogen) atoms. The normalized spacial score (nSPS) is 10.7. The van der Waals surface area contributed by atoms with Crippen molar-refractivity contribution in [3.8, 4) is 17.1 Å². The molecule has 0 atom stereocenters. The summed E-state index contributed by atoms with van der Waals surface area (Å²) < 4.78 is 2.75. The van der Waals surface area contributed by atoms with Gasteiger partial charge in [-0.1, -0.05) is 24.3 Å². The van der Waals surface area contributed by atoms with Gasteiger partial charge in [0.1, 0.15) is 6.33 Å². The van der Waals surface area contributed by atoms with Crippen LogP contribution in [-0.4, -0.2) is 19.7 Å². The lowest BCUT2D eigenvalue weighted by Gasteiger charge is -2.10. The number of hydrogen-bond acceptors (Lipinski definition) is 4. The summed E-state index contributed by atoms with van der Waals surface area (Å²) in [4.78, 5) is 8.55. The SMILES string of the molecule is Brc1ccccc1-n1cnc(-c2ccccc2NCc2ccncc2)n1. The quantitative estimate of drug-likeness (QED) is 0.522. The monoisotopic (exact) mass is 405 g/mol. The molecule has 0 amide bonds. The number of nitrogens with one attached hydrogen (secondary N) is 1. The Morgan fingerprint density at radius 1 is 0.923 bits per heavy atom. The van der Waals surface area contributed by atoms with Crippen molar-refractivity contribution < 1.29 is 0 Å². The maximum atomic E-state index is 4.65. The van der Waals surface area contributed by atoms with Crippen LogP contribution in [0.2, 0.25) is 0 Å². The molecule has 0 spiro atoms. The van der Waals surface area contributed by atoms with Crippen LogP contribution in [0.4, 0.5) is 5.69 Å². The highest BCUT2D eigenvalue weighted by molar-refractivity contribution is 9.10. The van der Waals surface area contributed by atoms with E-state index in [4.69, 9.17) is 0 Å².